The summed E-state index contributed by atoms with van der Waals surface area (Å²) in [7, 11) is 0. The zero-order valence-electron chi connectivity index (χ0n) is 27.8. The molecule has 0 fully saturated rings. The van der Waals surface area contributed by atoms with Crippen molar-refractivity contribution in [3.63, 3.8) is 0 Å². The Balaban J connectivity index is 1.09. The molecule has 3 nitrogen and oxygen atoms in total. The van der Waals surface area contributed by atoms with E-state index < -0.39 is 5.41 Å². The van der Waals surface area contributed by atoms with E-state index >= 15 is 0 Å². The Bertz CT molecular complexity index is 3080. The summed E-state index contributed by atoms with van der Waals surface area (Å²) in [4.78, 5) is 15.4. The normalized spacial score (nSPS) is 13.5. The van der Waals surface area contributed by atoms with E-state index in [1.807, 2.05) is 29.5 Å². The van der Waals surface area contributed by atoms with Crippen LogP contribution in [0.3, 0.4) is 0 Å². The number of hydrogen-bond donors (Lipinski definition) is 0. The standard InChI is InChI=1S/C48H27N3S/c1-2-10-30(11-3-1)45-49-46(51-47(50-45)32-22-24-35-34-15-5-7-19-41(34)52-42(35)27-32)31-23-25-38-36(26-31)33-14-4-6-16-37(33)48(38)39-17-8-12-28-20-21-29-13-9-18-40(48)44(29)43(28)39/h1-27H. The van der Waals surface area contributed by atoms with Crippen LogP contribution in [0, 0.1) is 0 Å². The van der Waals surface area contributed by atoms with Gasteiger partial charge in [-0.2, -0.15) is 0 Å². The maximum absolute atomic E-state index is 5.21. The summed E-state index contributed by atoms with van der Waals surface area (Å²) in [6.07, 6.45) is 0. The van der Waals surface area contributed by atoms with Gasteiger partial charge >= 0.3 is 0 Å². The van der Waals surface area contributed by atoms with Crippen molar-refractivity contribution in [2.45, 2.75) is 5.41 Å². The zero-order valence-corrected chi connectivity index (χ0v) is 28.7. The molecule has 0 saturated heterocycles. The van der Waals surface area contributed by atoms with E-state index in [0.717, 1.165) is 16.7 Å². The van der Waals surface area contributed by atoms with Crippen molar-refractivity contribution < 1.29 is 0 Å². The molecule has 0 N–H and O–H groups in total. The molecule has 0 bridgehead atoms. The molecule has 12 rings (SSSR count). The van der Waals surface area contributed by atoms with Gasteiger partial charge in [0.1, 0.15) is 0 Å². The Morgan fingerprint density at radius 2 is 0.942 bits per heavy atom. The Labute approximate surface area is 303 Å². The summed E-state index contributed by atoms with van der Waals surface area (Å²) < 4.78 is 2.51. The van der Waals surface area contributed by atoms with Crippen LogP contribution >= 0.6 is 11.3 Å². The highest BCUT2D eigenvalue weighted by Crippen LogP contribution is 2.62. The largest absolute Gasteiger partial charge is 0.208 e. The van der Waals surface area contributed by atoms with Gasteiger partial charge in [0.15, 0.2) is 17.5 Å². The van der Waals surface area contributed by atoms with Gasteiger partial charge in [0.25, 0.3) is 0 Å². The molecule has 2 aliphatic carbocycles. The molecule has 4 heteroatoms. The zero-order chi connectivity index (χ0) is 34.0. The molecule has 0 aliphatic heterocycles. The summed E-state index contributed by atoms with van der Waals surface area (Å²) in [5.74, 6) is 2.00. The maximum atomic E-state index is 5.21. The Hall–Kier alpha value is -6.49. The molecule has 2 heterocycles. The van der Waals surface area contributed by atoms with Crippen molar-refractivity contribution in [3.05, 3.63) is 186 Å². The molecule has 0 saturated carbocycles. The van der Waals surface area contributed by atoms with Crippen LogP contribution in [0.15, 0.2) is 164 Å². The minimum absolute atomic E-state index is 0.397. The lowest BCUT2D eigenvalue weighted by Gasteiger charge is -2.30. The molecular formula is C48H27N3S. The number of aromatic nitrogens is 3. The monoisotopic (exact) mass is 677 g/mol. The first kappa shape index (κ1) is 28.2. The average Bonchev–Trinajstić information content (AvgIpc) is 3.84. The molecule has 10 aromatic rings. The molecule has 0 radical (unpaired) electrons. The molecule has 240 valence electrons. The second kappa shape index (κ2) is 10.3. The number of nitrogens with zero attached hydrogens (tertiary/aromatic N) is 3. The highest BCUT2D eigenvalue weighted by Gasteiger charge is 2.50. The lowest BCUT2D eigenvalue weighted by molar-refractivity contribution is 0.797. The second-order valence-electron chi connectivity index (χ2n) is 13.9. The van der Waals surface area contributed by atoms with Crippen molar-refractivity contribution in [3.8, 4) is 45.3 Å². The first-order valence-electron chi connectivity index (χ1n) is 17.7. The van der Waals surface area contributed by atoms with Crippen molar-refractivity contribution in [2.75, 3.05) is 0 Å². The molecule has 0 unspecified atom stereocenters. The predicted molar refractivity (Wildman–Crippen MR) is 215 cm³/mol. The van der Waals surface area contributed by atoms with Crippen molar-refractivity contribution in [2.24, 2.45) is 0 Å². The van der Waals surface area contributed by atoms with E-state index in [2.05, 4.69) is 146 Å². The summed E-state index contributed by atoms with van der Waals surface area (Å²) in [5, 5.41) is 7.85. The Morgan fingerprint density at radius 3 is 1.71 bits per heavy atom. The first-order chi connectivity index (χ1) is 25.8. The van der Waals surface area contributed by atoms with Crippen molar-refractivity contribution in [1.82, 2.24) is 15.0 Å². The third-order valence-electron chi connectivity index (χ3n) is 11.3. The van der Waals surface area contributed by atoms with Crippen LogP contribution < -0.4 is 0 Å². The fraction of sp³-hybridized carbons (Fsp3) is 0.0208. The molecule has 8 aromatic carbocycles. The van der Waals surface area contributed by atoms with Crippen molar-refractivity contribution >= 4 is 53.1 Å². The Kier molecular flexibility index (Phi) is 5.58. The van der Waals surface area contributed by atoms with Gasteiger partial charge < -0.3 is 0 Å². The van der Waals surface area contributed by atoms with E-state index in [1.54, 1.807) is 0 Å². The third kappa shape index (κ3) is 3.66. The van der Waals surface area contributed by atoms with Gasteiger partial charge in [-0.25, -0.2) is 15.0 Å². The summed E-state index contributed by atoms with van der Waals surface area (Å²) in [6.45, 7) is 0. The second-order valence-corrected chi connectivity index (χ2v) is 15.0. The number of benzene rings is 8. The topological polar surface area (TPSA) is 38.7 Å². The number of hydrogen-bond acceptors (Lipinski definition) is 4. The lowest BCUT2D eigenvalue weighted by atomic mass is 9.70. The number of fused-ring (bicyclic) bond motifs is 10. The average molecular weight is 678 g/mol. The van der Waals surface area contributed by atoms with Crippen LogP contribution in [0.25, 0.3) is 87.0 Å². The summed E-state index contributed by atoms with van der Waals surface area (Å²) in [5.41, 5.74) is 10.4. The smallest absolute Gasteiger partial charge is 0.164 e. The van der Waals surface area contributed by atoms with Gasteiger partial charge in [0, 0.05) is 36.9 Å². The van der Waals surface area contributed by atoms with Gasteiger partial charge in [0.2, 0.25) is 0 Å². The molecule has 52 heavy (non-hydrogen) atoms. The third-order valence-corrected chi connectivity index (χ3v) is 12.4. The minimum atomic E-state index is -0.397. The van der Waals surface area contributed by atoms with Crippen LogP contribution in [0.4, 0.5) is 0 Å². The molecule has 2 aliphatic rings. The molecule has 0 amide bonds. The summed E-state index contributed by atoms with van der Waals surface area (Å²) >= 11 is 1.81. The molecule has 2 aromatic heterocycles. The van der Waals surface area contributed by atoms with Crippen LogP contribution in [0.1, 0.15) is 22.3 Å². The van der Waals surface area contributed by atoms with Crippen LogP contribution in [-0.4, -0.2) is 15.0 Å². The van der Waals surface area contributed by atoms with Crippen LogP contribution in [-0.2, 0) is 5.41 Å². The molecular weight excluding hydrogens is 651 g/mol. The van der Waals surface area contributed by atoms with Gasteiger partial charge in [-0.1, -0.05) is 146 Å². The van der Waals surface area contributed by atoms with Crippen LogP contribution in [0.5, 0.6) is 0 Å². The van der Waals surface area contributed by atoms with Gasteiger partial charge in [-0.3, -0.25) is 0 Å². The number of rotatable bonds is 3. The first-order valence-corrected chi connectivity index (χ1v) is 18.5. The SMILES string of the molecule is c1ccc(-c2nc(-c3ccc4c(c3)-c3ccccc3C43c4cccc5ccc6cccc3c6c45)nc(-c3ccc4c(c3)sc3ccccc34)n2)cc1. The van der Waals surface area contributed by atoms with Crippen molar-refractivity contribution in [1.29, 1.82) is 0 Å². The van der Waals surface area contributed by atoms with Gasteiger partial charge in [-0.05, 0) is 73.1 Å². The van der Waals surface area contributed by atoms with E-state index in [-0.39, 0.29) is 0 Å². The fourth-order valence-electron chi connectivity index (χ4n) is 9.14. The highest BCUT2D eigenvalue weighted by molar-refractivity contribution is 7.25. The van der Waals surface area contributed by atoms with Gasteiger partial charge in [0.05, 0.1) is 5.41 Å². The van der Waals surface area contributed by atoms with E-state index in [1.165, 1.54) is 75.1 Å². The van der Waals surface area contributed by atoms with E-state index in [9.17, 15) is 0 Å². The molecule has 1 spiro atoms. The van der Waals surface area contributed by atoms with E-state index in [4.69, 9.17) is 15.0 Å². The quantitative estimate of drug-likeness (QED) is 0.175. The number of thiophene rings is 1. The predicted octanol–water partition coefficient (Wildman–Crippen LogP) is 12.2. The minimum Gasteiger partial charge on any atom is -0.208 e. The fourth-order valence-corrected chi connectivity index (χ4v) is 10.3. The van der Waals surface area contributed by atoms with E-state index in [0.29, 0.717) is 17.5 Å². The lowest BCUT2D eigenvalue weighted by Crippen LogP contribution is -2.26. The van der Waals surface area contributed by atoms with Gasteiger partial charge in [-0.15, -0.1) is 11.3 Å². The maximum Gasteiger partial charge on any atom is 0.164 e. The highest BCUT2D eigenvalue weighted by atomic mass is 32.1. The summed E-state index contributed by atoms with van der Waals surface area (Å²) in [6, 6.07) is 59.4. The molecule has 0 atom stereocenters. The van der Waals surface area contributed by atoms with Crippen LogP contribution in [0.2, 0.25) is 0 Å². The Morgan fingerprint density at radius 1 is 0.365 bits per heavy atom.